The number of carbonyl (C=O) groups excluding carboxylic acids is 2. The Balaban J connectivity index is 1.97. The van der Waals surface area contributed by atoms with Crippen molar-refractivity contribution in [3.05, 3.63) is 74.5 Å². The van der Waals surface area contributed by atoms with E-state index in [9.17, 15) is 14.4 Å². The third kappa shape index (κ3) is 4.80. The zero-order valence-electron chi connectivity index (χ0n) is 18.1. The van der Waals surface area contributed by atoms with E-state index in [4.69, 9.17) is 14.2 Å². The maximum absolute atomic E-state index is 13.0. The summed E-state index contributed by atoms with van der Waals surface area (Å²) in [5.74, 6) is -0.120. The van der Waals surface area contributed by atoms with Crippen molar-refractivity contribution in [3.63, 3.8) is 0 Å². The fraction of sp³-hybridized carbons (Fsp3) is 0.208. The van der Waals surface area contributed by atoms with Crippen LogP contribution in [0.2, 0.25) is 0 Å². The van der Waals surface area contributed by atoms with Gasteiger partial charge in [-0.15, -0.1) is 0 Å². The molecule has 32 heavy (non-hydrogen) atoms. The highest BCUT2D eigenvalue weighted by atomic mass is 16.6. The molecule has 8 heteroatoms. The summed E-state index contributed by atoms with van der Waals surface area (Å²) >= 11 is 0. The number of rotatable bonds is 7. The fourth-order valence-electron chi connectivity index (χ4n) is 3.01. The Hall–Kier alpha value is -4.07. The Bertz CT molecular complexity index is 1300. The number of nitrogens with one attached hydrogen (secondary N) is 1. The molecular formula is C24H24N2O6. The molecule has 1 aromatic heterocycles. The Labute approximate surface area is 184 Å². The molecule has 0 aliphatic heterocycles. The van der Waals surface area contributed by atoms with Crippen molar-refractivity contribution >= 4 is 24.6 Å². The van der Waals surface area contributed by atoms with Crippen LogP contribution >= 0.6 is 0 Å². The molecule has 3 aromatic rings. The third-order valence-corrected chi connectivity index (χ3v) is 4.65. The Morgan fingerprint density at radius 1 is 1.09 bits per heavy atom. The van der Waals surface area contributed by atoms with Crippen LogP contribution < -0.4 is 25.6 Å². The van der Waals surface area contributed by atoms with Gasteiger partial charge in [-0.05, 0) is 55.0 Å². The molecular weight excluding hydrogens is 412 g/mol. The monoisotopic (exact) mass is 436 g/mol. The lowest BCUT2D eigenvalue weighted by Crippen LogP contribution is -2.33. The molecule has 0 atom stereocenters. The number of H-pyrrole nitrogens is 1. The van der Waals surface area contributed by atoms with Gasteiger partial charge in [0.2, 0.25) is 0 Å². The fourth-order valence-corrected chi connectivity index (χ4v) is 3.01. The molecule has 0 spiro atoms. The van der Waals surface area contributed by atoms with E-state index in [0.717, 1.165) is 0 Å². The lowest BCUT2D eigenvalue weighted by atomic mass is 10.1. The first-order valence-corrected chi connectivity index (χ1v) is 10.1. The second-order valence-corrected chi connectivity index (χ2v) is 6.79. The maximum Gasteiger partial charge on any atom is 0.338 e. The van der Waals surface area contributed by atoms with Crippen LogP contribution in [-0.4, -0.2) is 35.4 Å². The zero-order chi connectivity index (χ0) is 23.3. The normalized spacial score (nSPS) is 11.3. The van der Waals surface area contributed by atoms with Gasteiger partial charge >= 0.3 is 11.9 Å². The highest BCUT2D eigenvalue weighted by molar-refractivity contribution is 5.89. The van der Waals surface area contributed by atoms with Gasteiger partial charge in [0.05, 0.1) is 35.5 Å². The molecule has 0 amide bonds. The van der Waals surface area contributed by atoms with Crippen molar-refractivity contribution < 1.29 is 23.8 Å². The molecule has 0 unspecified atom stereocenters. The van der Waals surface area contributed by atoms with Gasteiger partial charge in [-0.3, -0.25) is 14.7 Å². The predicted molar refractivity (Wildman–Crippen MR) is 120 cm³/mol. The number of hydrogen-bond donors (Lipinski definition) is 1. The topological polar surface area (TPSA) is 99.6 Å². The number of methoxy groups -OCH3 is 1. The van der Waals surface area contributed by atoms with Crippen molar-refractivity contribution in [2.24, 2.45) is 0 Å². The van der Waals surface area contributed by atoms with Crippen LogP contribution in [0.1, 0.15) is 36.2 Å². The summed E-state index contributed by atoms with van der Waals surface area (Å²) in [6.45, 7) is 7.65. The van der Waals surface area contributed by atoms with Crippen molar-refractivity contribution in [3.8, 4) is 17.2 Å². The molecule has 0 aliphatic carbocycles. The number of carbonyl (C=O) groups is 2. The van der Waals surface area contributed by atoms with Crippen LogP contribution in [0.5, 0.6) is 11.5 Å². The van der Waals surface area contributed by atoms with E-state index in [1.165, 1.54) is 11.8 Å². The summed E-state index contributed by atoms with van der Waals surface area (Å²) in [4.78, 5) is 36.4. The smallest absolute Gasteiger partial charge is 0.338 e. The van der Waals surface area contributed by atoms with Gasteiger partial charge < -0.3 is 14.2 Å². The first-order chi connectivity index (χ1) is 15.4. The molecule has 1 heterocycles. The van der Waals surface area contributed by atoms with Gasteiger partial charge in [-0.25, -0.2) is 9.48 Å². The zero-order valence-corrected chi connectivity index (χ0v) is 18.1. The number of aromatic nitrogens is 2. The minimum Gasteiger partial charge on any atom is -0.493 e. The van der Waals surface area contributed by atoms with Crippen molar-refractivity contribution in [2.75, 3.05) is 13.7 Å². The Morgan fingerprint density at radius 2 is 1.81 bits per heavy atom. The minimum atomic E-state index is -0.424. The van der Waals surface area contributed by atoms with Gasteiger partial charge in [-0.1, -0.05) is 19.6 Å². The second-order valence-electron chi connectivity index (χ2n) is 6.79. The summed E-state index contributed by atoms with van der Waals surface area (Å²) in [5.41, 5.74) is 1.31. The molecule has 8 nitrogen and oxygen atoms in total. The minimum absolute atomic E-state index is 0.242. The molecule has 1 N–H and O–H groups in total. The van der Waals surface area contributed by atoms with Crippen LogP contribution in [0.25, 0.3) is 18.3 Å². The van der Waals surface area contributed by atoms with Gasteiger partial charge in [-0.2, -0.15) is 0 Å². The molecule has 0 saturated carbocycles. The lowest BCUT2D eigenvalue weighted by molar-refractivity contribution is -0.134. The average molecular weight is 436 g/mol. The van der Waals surface area contributed by atoms with Crippen LogP contribution in [0.4, 0.5) is 0 Å². The summed E-state index contributed by atoms with van der Waals surface area (Å²) in [7, 11) is 1.47. The van der Waals surface area contributed by atoms with Gasteiger partial charge in [0.25, 0.3) is 5.56 Å². The summed E-state index contributed by atoms with van der Waals surface area (Å²) in [6.07, 6.45) is 1.91. The molecule has 2 aromatic carbocycles. The molecule has 3 rings (SSSR count). The predicted octanol–water partition coefficient (Wildman–Crippen LogP) is 1.91. The molecule has 0 radical (unpaired) electrons. The summed E-state index contributed by atoms with van der Waals surface area (Å²) in [6, 6.07) is 11.5. The molecule has 0 saturated heterocycles. The van der Waals surface area contributed by atoms with Gasteiger partial charge in [0.1, 0.15) is 0 Å². The second kappa shape index (κ2) is 9.82. The highest BCUT2D eigenvalue weighted by Gasteiger charge is 2.11. The average Bonchev–Trinajstić information content (AvgIpc) is 3.08. The van der Waals surface area contributed by atoms with E-state index in [1.54, 1.807) is 62.4 Å². The molecule has 0 bridgehead atoms. The van der Waals surface area contributed by atoms with Crippen LogP contribution in [0, 0.1) is 0 Å². The van der Waals surface area contributed by atoms with E-state index >= 15 is 0 Å². The lowest BCUT2D eigenvalue weighted by Gasteiger charge is -2.09. The maximum atomic E-state index is 13.0. The number of nitrogens with zero attached hydrogens (tertiary/aromatic N) is 1. The standard InChI is InChI=1S/C24H24N2O6/c1-5-22(27)32-20-12-7-16(14-21(20)30-4)13-19-15(3)25-26(23(19)28)18-10-8-17(9-11-18)24(29)31-6-2/h7-14,25H,3,5-6H2,1-2,4H3/b19-13+. The highest BCUT2D eigenvalue weighted by Crippen LogP contribution is 2.28. The molecule has 0 aliphatic rings. The summed E-state index contributed by atoms with van der Waals surface area (Å²) in [5, 5.41) is 3.72. The van der Waals surface area contributed by atoms with Crippen molar-refractivity contribution in [2.45, 2.75) is 20.3 Å². The molecule has 166 valence electrons. The van der Waals surface area contributed by atoms with E-state index in [2.05, 4.69) is 11.7 Å². The molecule has 0 fully saturated rings. The van der Waals surface area contributed by atoms with Gasteiger partial charge in [0, 0.05) is 6.42 Å². The number of aromatic amines is 1. The first-order valence-electron chi connectivity index (χ1n) is 10.1. The van der Waals surface area contributed by atoms with E-state index in [0.29, 0.717) is 38.9 Å². The number of hydrogen-bond acceptors (Lipinski definition) is 6. The van der Waals surface area contributed by atoms with Crippen molar-refractivity contribution in [1.29, 1.82) is 0 Å². The Kier molecular flexibility index (Phi) is 6.94. The van der Waals surface area contributed by atoms with Crippen LogP contribution in [0.15, 0.2) is 47.3 Å². The van der Waals surface area contributed by atoms with E-state index < -0.39 is 5.97 Å². The quantitative estimate of drug-likeness (QED) is 0.449. The SMILES string of the molecule is C=c1[nH]n(-c2ccc(C(=O)OCC)cc2)c(=O)/c1=C/c1ccc(OC(=O)CC)c(OC)c1. The number of ether oxygens (including phenoxy) is 3. The largest absolute Gasteiger partial charge is 0.493 e. The summed E-state index contributed by atoms with van der Waals surface area (Å²) < 4.78 is 16.9. The Morgan fingerprint density at radius 3 is 2.44 bits per heavy atom. The van der Waals surface area contributed by atoms with Gasteiger partial charge in [0.15, 0.2) is 11.5 Å². The third-order valence-electron chi connectivity index (χ3n) is 4.65. The van der Waals surface area contributed by atoms with Crippen molar-refractivity contribution in [1.82, 2.24) is 9.78 Å². The van der Waals surface area contributed by atoms with Crippen LogP contribution in [-0.2, 0) is 9.53 Å². The number of benzene rings is 2. The van der Waals surface area contributed by atoms with E-state index in [-0.39, 0.29) is 24.6 Å². The van der Waals surface area contributed by atoms with Crippen LogP contribution in [0.3, 0.4) is 0 Å². The van der Waals surface area contributed by atoms with E-state index in [1.807, 2.05) is 0 Å². The number of esters is 2. The first kappa shape index (κ1) is 22.6.